The van der Waals surface area contributed by atoms with Gasteiger partial charge in [0.25, 0.3) is 0 Å². The normalized spacial score (nSPS) is 22.7. The van der Waals surface area contributed by atoms with Gasteiger partial charge in [-0.1, -0.05) is 0 Å². The van der Waals surface area contributed by atoms with Crippen molar-refractivity contribution in [3.05, 3.63) is 0 Å². The van der Waals surface area contributed by atoms with Crippen molar-refractivity contribution in [3.8, 4) is 0 Å². The molecule has 2 N–H and O–H groups in total. The molecule has 1 heterocycles. The molecule has 2 rings (SSSR count). The fraction of sp³-hybridized carbons (Fsp3) is 0.846. The Hall–Kier alpha value is -1.30. The average molecular weight is 270 g/mol. The molecule has 1 saturated carbocycles. The summed E-state index contributed by atoms with van der Waals surface area (Å²) >= 11 is 0. The van der Waals surface area contributed by atoms with E-state index in [1.165, 1.54) is 0 Å². The Kier molecular flexibility index (Phi) is 4.29. The lowest BCUT2D eigenvalue weighted by molar-refractivity contribution is -0.143. The van der Waals surface area contributed by atoms with Crippen molar-refractivity contribution >= 4 is 12.0 Å². The second-order valence-corrected chi connectivity index (χ2v) is 5.50. The summed E-state index contributed by atoms with van der Waals surface area (Å²) < 4.78 is 5.45. The molecule has 0 atom stereocenters. The fourth-order valence-electron chi connectivity index (χ4n) is 2.70. The minimum atomic E-state index is -0.757. The molecule has 0 aromatic rings. The van der Waals surface area contributed by atoms with E-state index in [1.54, 1.807) is 12.0 Å². The summed E-state index contributed by atoms with van der Waals surface area (Å²) in [5.74, 6) is -1.06. The zero-order valence-electron chi connectivity index (χ0n) is 11.4. The summed E-state index contributed by atoms with van der Waals surface area (Å²) in [4.78, 5) is 24.5. The smallest absolute Gasteiger partial charge is 0.317 e. The van der Waals surface area contributed by atoms with Gasteiger partial charge in [-0.2, -0.15) is 0 Å². The number of piperidine rings is 1. The molecule has 2 aliphatic rings. The third-order valence-electron chi connectivity index (χ3n) is 4.39. The van der Waals surface area contributed by atoms with Gasteiger partial charge in [0.15, 0.2) is 0 Å². The van der Waals surface area contributed by atoms with Crippen molar-refractivity contribution in [1.82, 2.24) is 10.2 Å². The molecule has 1 aliphatic carbocycles. The van der Waals surface area contributed by atoms with Crippen LogP contribution < -0.4 is 5.32 Å². The highest BCUT2D eigenvalue weighted by Gasteiger charge is 2.37. The Labute approximate surface area is 113 Å². The molecule has 2 amide bonds. The number of urea groups is 1. The zero-order valence-corrected chi connectivity index (χ0v) is 11.4. The summed E-state index contributed by atoms with van der Waals surface area (Å²) in [5.41, 5.74) is -0.172. The summed E-state index contributed by atoms with van der Waals surface area (Å²) in [6.07, 6.45) is 4.21. The first-order chi connectivity index (χ1) is 9.06. The van der Waals surface area contributed by atoms with Crippen LogP contribution in [0.4, 0.5) is 4.79 Å². The Bertz CT molecular complexity index is 341. The van der Waals surface area contributed by atoms with Gasteiger partial charge in [0, 0.05) is 26.7 Å². The molecule has 0 radical (unpaired) electrons. The number of hydrogen-bond acceptors (Lipinski definition) is 3. The lowest BCUT2D eigenvalue weighted by Crippen LogP contribution is -2.53. The van der Waals surface area contributed by atoms with Crippen LogP contribution in [0.1, 0.15) is 32.1 Å². The highest BCUT2D eigenvalue weighted by molar-refractivity contribution is 5.75. The number of carboxylic acids is 1. The number of likely N-dealkylation sites (tertiary alicyclic amines) is 1. The van der Waals surface area contributed by atoms with E-state index >= 15 is 0 Å². The molecule has 2 fully saturated rings. The maximum absolute atomic E-state index is 12.0. The highest BCUT2D eigenvalue weighted by Crippen LogP contribution is 2.34. The van der Waals surface area contributed by atoms with Crippen LogP contribution in [-0.4, -0.2) is 54.4 Å². The average Bonchev–Trinajstić information content (AvgIpc) is 2.38. The molecule has 0 aromatic carbocycles. The van der Waals surface area contributed by atoms with E-state index in [2.05, 4.69) is 5.32 Å². The molecule has 0 spiro atoms. The largest absolute Gasteiger partial charge is 0.481 e. The Balaban J connectivity index is 1.74. The second kappa shape index (κ2) is 5.77. The minimum Gasteiger partial charge on any atom is -0.481 e. The molecule has 19 heavy (non-hydrogen) atoms. The summed E-state index contributed by atoms with van der Waals surface area (Å²) in [5, 5.41) is 11.8. The predicted molar refractivity (Wildman–Crippen MR) is 68.9 cm³/mol. The third kappa shape index (κ3) is 3.18. The fourth-order valence-corrected chi connectivity index (χ4v) is 2.70. The van der Waals surface area contributed by atoms with Crippen LogP contribution in [0, 0.1) is 5.92 Å². The maximum atomic E-state index is 12.0. The van der Waals surface area contributed by atoms with Gasteiger partial charge in [0.1, 0.15) is 0 Å². The number of hydrogen-bond donors (Lipinski definition) is 2. The highest BCUT2D eigenvalue weighted by atomic mass is 16.5. The lowest BCUT2D eigenvalue weighted by Gasteiger charge is -2.41. The van der Waals surface area contributed by atoms with Crippen molar-refractivity contribution in [3.63, 3.8) is 0 Å². The first kappa shape index (κ1) is 14.1. The summed E-state index contributed by atoms with van der Waals surface area (Å²) in [7, 11) is 1.68. The van der Waals surface area contributed by atoms with E-state index in [-0.39, 0.29) is 17.6 Å². The summed E-state index contributed by atoms with van der Waals surface area (Å²) in [6, 6.07) is -0.104. The van der Waals surface area contributed by atoms with Crippen molar-refractivity contribution in [2.75, 3.05) is 26.7 Å². The number of carboxylic acid groups (broad SMARTS) is 1. The quantitative estimate of drug-likeness (QED) is 0.800. The number of rotatable bonds is 4. The second-order valence-electron chi connectivity index (χ2n) is 5.50. The van der Waals surface area contributed by atoms with Crippen LogP contribution in [0.5, 0.6) is 0 Å². The number of amides is 2. The van der Waals surface area contributed by atoms with E-state index in [0.29, 0.717) is 32.5 Å². The van der Waals surface area contributed by atoms with Crippen LogP contribution >= 0.6 is 0 Å². The van der Waals surface area contributed by atoms with Crippen LogP contribution in [-0.2, 0) is 9.53 Å². The molecule has 1 saturated heterocycles. The van der Waals surface area contributed by atoms with Gasteiger partial charge in [-0.05, 0) is 32.1 Å². The third-order valence-corrected chi connectivity index (χ3v) is 4.39. The monoisotopic (exact) mass is 270 g/mol. The van der Waals surface area contributed by atoms with E-state index in [0.717, 1.165) is 19.3 Å². The van der Waals surface area contributed by atoms with Gasteiger partial charge in [0.05, 0.1) is 11.5 Å². The predicted octanol–water partition coefficient (Wildman–Crippen LogP) is 1.06. The lowest BCUT2D eigenvalue weighted by atomic mass is 9.80. The topological polar surface area (TPSA) is 78.9 Å². The molecule has 0 bridgehead atoms. The number of nitrogens with zero attached hydrogens (tertiary/aromatic N) is 1. The number of ether oxygens (including phenoxy) is 1. The molecular weight excluding hydrogens is 248 g/mol. The van der Waals surface area contributed by atoms with E-state index < -0.39 is 5.97 Å². The molecule has 0 unspecified atom stereocenters. The van der Waals surface area contributed by atoms with Gasteiger partial charge >= 0.3 is 12.0 Å². The van der Waals surface area contributed by atoms with Crippen LogP contribution in [0.2, 0.25) is 0 Å². The first-order valence-corrected chi connectivity index (χ1v) is 6.87. The SMILES string of the molecule is COC1(CNC(=O)N2CCC(C(=O)O)CC2)CCC1. The number of aliphatic carboxylic acids is 1. The van der Waals surface area contributed by atoms with Gasteiger partial charge in [-0.15, -0.1) is 0 Å². The standard InChI is InChI=1S/C13H22N2O4/c1-19-13(5-2-6-13)9-14-12(18)15-7-3-10(4-8-15)11(16)17/h10H,2-9H2,1H3,(H,14,18)(H,16,17). The number of nitrogens with one attached hydrogen (secondary N) is 1. The van der Waals surface area contributed by atoms with Gasteiger partial charge in [-0.25, -0.2) is 4.79 Å². The molecule has 6 nitrogen and oxygen atoms in total. The molecule has 0 aromatic heterocycles. The van der Waals surface area contributed by atoms with Crippen molar-refractivity contribution in [1.29, 1.82) is 0 Å². The van der Waals surface area contributed by atoms with Crippen molar-refractivity contribution in [2.45, 2.75) is 37.7 Å². The van der Waals surface area contributed by atoms with E-state index in [1.807, 2.05) is 0 Å². The van der Waals surface area contributed by atoms with Gasteiger partial charge < -0.3 is 20.1 Å². The molecule has 108 valence electrons. The Morgan fingerprint density at radius 1 is 1.37 bits per heavy atom. The van der Waals surface area contributed by atoms with E-state index in [4.69, 9.17) is 9.84 Å². The van der Waals surface area contributed by atoms with Crippen LogP contribution in [0.3, 0.4) is 0 Å². The van der Waals surface area contributed by atoms with Gasteiger partial charge in [-0.3, -0.25) is 4.79 Å². The Morgan fingerprint density at radius 2 is 2.00 bits per heavy atom. The van der Waals surface area contributed by atoms with E-state index in [9.17, 15) is 9.59 Å². The van der Waals surface area contributed by atoms with Crippen molar-refractivity contribution < 1.29 is 19.4 Å². The Morgan fingerprint density at radius 3 is 2.42 bits per heavy atom. The van der Waals surface area contributed by atoms with Crippen LogP contribution in [0.15, 0.2) is 0 Å². The number of methoxy groups -OCH3 is 1. The van der Waals surface area contributed by atoms with Crippen LogP contribution in [0.25, 0.3) is 0 Å². The number of carbonyl (C=O) groups is 2. The zero-order chi connectivity index (χ0) is 13.9. The molecule has 1 aliphatic heterocycles. The summed E-state index contributed by atoms with van der Waals surface area (Å²) in [6.45, 7) is 1.58. The van der Waals surface area contributed by atoms with Crippen molar-refractivity contribution in [2.24, 2.45) is 5.92 Å². The molecule has 6 heteroatoms. The maximum Gasteiger partial charge on any atom is 0.317 e. The first-order valence-electron chi connectivity index (χ1n) is 6.87. The van der Waals surface area contributed by atoms with Gasteiger partial charge in [0.2, 0.25) is 0 Å². The minimum absolute atomic E-state index is 0.104. The molecular formula is C13H22N2O4. The number of carbonyl (C=O) groups excluding carboxylic acids is 1.